The monoisotopic (exact) mass is 450 g/mol. The van der Waals surface area contributed by atoms with Gasteiger partial charge in [-0.1, -0.05) is 0 Å². The highest BCUT2D eigenvalue weighted by atomic mass is 32.2. The molecule has 0 aliphatic carbocycles. The van der Waals surface area contributed by atoms with Crippen LogP contribution in [0.3, 0.4) is 0 Å². The molecule has 0 radical (unpaired) electrons. The Morgan fingerprint density at radius 1 is 1.27 bits per heavy atom. The predicted octanol–water partition coefficient (Wildman–Crippen LogP) is 2.41. The van der Waals surface area contributed by atoms with E-state index in [1.165, 1.54) is 10.3 Å². The van der Waals surface area contributed by atoms with Crippen molar-refractivity contribution in [1.82, 2.24) is 14.1 Å². The highest BCUT2D eigenvalue weighted by Gasteiger charge is 2.54. The van der Waals surface area contributed by atoms with Crippen molar-refractivity contribution in [3.63, 3.8) is 0 Å². The molecule has 2 aliphatic heterocycles. The van der Waals surface area contributed by atoms with Crippen LogP contribution in [0.15, 0.2) is 24.4 Å². The molecule has 2 aromatic rings. The lowest BCUT2D eigenvalue weighted by molar-refractivity contribution is -0.269. The Hall–Kier alpha value is -1.89. The number of ether oxygens (including phenoxy) is 1. The minimum Gasteiger partial charge on any atom is -0.357 e. The summed E-state index contributed by atoms with van der Waals surface area (Å²) in [6, 6.07) is 0.433. The molecule has 0 amide bonds. The van der Waals surface area contributed by atoms with E-state index in [1.807, 2.05) is 0 Å². The van der Waals surface area contributed by atoms with E-state index >= 15 is 0 Å². The van der Waals surface area contributed by atoms with Gasteiger partial charge < -0.3 is 10.5 Å². The van der Waals surface area contributed by atoms with E-state index in [0.717, 1.165) is 18.2 Å². The van der Waals surface area contributed by atoms with E-state index in [-0.39, 0.29) is 25.1 Å². The summed E-state index contributed by atoms with van der Waals surface area (Å²) in [5, 5.41) is 4.16. The van der Waals surface area contributed by atoms with Crippen LogP contribution in [0, 0.1) is 11.6 Å². The maximum atomic E-state index is 14.2. The third-order valence-electron chi connectivity index (χ3n) is 5.45. The molecule has 0 saturated carbocycles. The normalized spacial score (nSPS) is 28.5. The van der Waals surface area contributed by atoms with E-state index < -0.39 is 53.1 Å². The second kappa shape index (κ2) is 7.66. The summed E-state index contributed by atoms with van der Waals surface area (Å²) < 4.78 is 87.3. The zero-order valence-electron chi connectivity index (χ0n) is 15.8. The van der Waals surface area contributed by atoms with Gasteiger partial charge in [-0.25, -0.2) is 13.0 Å². The van der Waals surface area contributed by atoms with E-state index in [9.17, 15) is 26.2 Å². The Bertz CT molecular complexity index is 958. The van der Waals surface area contributed by atoms with Crippen molar-refractivity contribution in [2.45, 2.75) is 50.0 Å². The first-order chi connectivity index (χ1) is 14.0. The van der Waals surface area contributed by atoms with Crippen LogP contribution in [0.25, 0.3) is 0 Å². The largest absolute Gasteiger partial charge is 0.416 e. The van der Waals surface area contributed by atoms with E-state index in [4.69, 9.17) is 10.5 Å². The van der Waals surface area contributed by atoms with Crippen LogP contribution in [-0.4, -0.2) is 48.9 Å². The zero-order valence-corrected chi connectivity index (χ0v) is 16.6. The molecule has 3 heterocycles. The number of fused-ring (bicyclic) bond motifs is 1. The summed E-state index contributed by atoms with van der Waals surface area (Å²) in [6.45, 7) is 0.282. The third kappa shape index (κ3) is 3.88. The van der Waals surface area contributed by atoms with Gasteiger partial charge in [0.1, 0.15) is 28.7 Å². The van der Waals surface area contributed by atoms with Crippen molar-refractivity contribution in [1.29, 1.82) is 0 Å². The van der Waals surface area contributed by atoms with Crippen LogP contribution < -0.4 is 5.73 Å². The molecule has 6 nitrogen and oxygen atoms in total. The SMILES string of the molecule is CS(=O)n1cc2c(n1)CN([C@@H]1C[C@H](N)[C@@H](c3cc(F)ccc3F)O[C@@H]1C(F)(F)F)C2. The molecular weight excluding hydrogens is 431 g/mol. The Balaban J connectivity index is 1.60. The van der Waals surface area contributed by atoms with Crippen molar-refractivity contribution in [3.8, 4) is 0 Å². The first-order valence-electron chi connectivity index (χ1n) is 9.12. The fourth-order valence-electron chi connectivity index (χ4n) is 4.07. The molecule has 1 aromatic carbocycles. The fourth-order valence-corrected chi connectivity index (χ4v) is 4.56. The van der Waals surface area contributed by atoms with Crippen molar-refractivity contribution < 1.29 is 30.9 Å². The number of rotatable bonds is 3. The standard InChI is InChI=1S/C18H19F5N4O2S/c1-30(28)27-7-9-6-26(8-14(9)25-27)15-5-13(24)16(29-17(15)18(21,22)23)11-4-10(19)2-3-12(11)20/h2-4,7,13,15-17H,5-6,8,24H2,1H3/t13-,15+,16+,17-,30?/m0/s1. The summed E-state index contributed by atoms with van der Waals surface area (Å²) >= 11 is 0. The van der Waals surface area contributed by atoms with Gasteiger partial charge in [-0.3, -0.25) is 4.90 Å². The number of halogens is 5. The first kappa shape index (κ1) is 21.3. The minimum absolute atomic E-state index is 0.117. The number of nitrogens with two attached hydrogens (primary N) is 1. The highest BCUT2D eigenvalue weighted by Crippen LogP contribution is 2.42. The van der Waals surface area contributed by atoms with Crippen LogP contribution >= 0.6 is 0 Å². The number of alkyl halides is 3. The molecule has 1 unspecified atom stereocenters. The van der Waals surface area contributed by atoms with Crippen molar-refractivity contribution >= 4 is 11.0 Å². The second-order valence-corrected chi connectivity index (χ2v) is 8.71. The molecule has 164 valence electrons. The van der Waals surface area contributed by atoms with E-state index in [2.05, 4.69) is 5.10 Å². The van der Waals surface area contributed by atoms with Crippen LogP contribution in [0.4, 0.5) is 22.0 Å². The number of aromatic nitrogens is 2. The molecule has 1 saturated heterocycles. The van der Waals surface area contributed by atoms with Gasteiger partial charge in [0.25, 0.3) is 0 Å². The van der Waals surface area contributed by atoms with Gasteiger partial charge >= 0.3 is 6.18 Å². The van der Waals surface area contributed by atoms with Crippen molar-refractivity contribution in [2.24, 2.45) is 5.73 Å². The van der Waals surface area contributed by atoms with Gasteiger partial charge in [0, 0.05) is 48.8 Å². The van der Waals surface area contributed by atoms with Gasteiger partial charge in [0.05, 0.1) is 5.69 Å². The summed E-state index contributed by atoms with van der Waals surface area (Å²) in [4.78, 5) is 1.55. The molecular formula is C18H19F5N4O2S. The lowest BCUT2D eigenvalue weighted by Gasteiger charge is -2.44. The molecule has 0 spiro atoms. The Kier molecular flexibility index (Phi) is 5.45. The molecule has 0 bridgehead atoms. The molecule has 2 aliphatic rings. The maximum absolute atomic E-state index is 14.2. The molecule has 4 rings (SSSR count). The van der Waals surface area contributed by atoms with Gasteiger partial charge in [0.15, 0.2) is 6.10 Å². The minimum atomic E-state index is -4.74. The van der Waals surface area contributed by atoms with Crippen LogP contribution in [0.1, 0.15) is 29.3 Å². The lowest BCUT2D eigenvalue weighted by atomic mass is 9.89. The predicted molar refractivity (Wildman–Crippen MR) is 97.3 cm³/mol. The van der Waals surface area contributed by atoms with Gasteiger partial charge in [-0.15, -0.1) is 0 Å². The average molecular weight is 450 g/mol. The van der Waals surface area contributed by atoms with Crippen molar-refractivity contribution in [3.05, 3.63) is 52.9 Å². The average Bonchev–Trinajstić information content (AvgIpc) is 3.22. The topological polar surface area (TPSA) is 73.4 Å². The smallest absolute Gasteiger partial charge is 0.357 e. The molecule has 30 heavy (non-hydrogen) atoms. The number of hydrogen-bond donors (Lipinski definition) is 1. The second-order valence-electron chi connectivity index (χ2n) is 7.48. The summed E-state index contributed by atoms with van der Waals surface area (Å²) in [6.07, 6.45) is -5.55. The van der Waals surface area contributed by atoms with Crippen LogP contribution in [0.2, 0.25) is 0 Å². The Morgan fingerprint density at radius 3 is 2.63 bits per heavy atom. The Morgan fingerprint density at radius 2 is 2.00 bits per heavy atom. The van der Waals surface area contributed by atoms with E-state index in [1.54, 1.807) is 11.1 Å². The molecule has 1 fully saturated rings. The zero-order chi connectivity index (χ0) is 21.8. The van der Waals surface area contributed by atoms with Crippen LogP contribution in [0.5, 0.6) is 0 Å². The molecule has 1 aromatic heterocycles. The fraction of sp³-hybridized carbons (Fsp3) is 0.500. The van der Waals surface area contributed by atoms with Gasteiger partial charge in [-0.05, 0) is 24.6 Å². The summed E-state index contributed by atoms with van der Waals surface area (Å²) in [7, 11) is -1.36. The van der Waals surface area contributed by atoms with Gasteiger partial charge in [-0.2, -0.15) is 22.4 Å². The van der Waals surface area contributed by atoms with Gasteiger partial charge in [0.2, 0.25) is 0 Å². The highest BCUT2D eigenvalue weighted by molar-refractivity contribution is 7.82. The number of benzene rings is 1. The van der Waals surface area contributed by atoms with Crippen molar-refractivity contribution in [2.75, 3.05) is 6.26 Å². The first-order valence-corrected chi connectivity index (χ1v) is 10.6. The quantitative estimate of drug-likeness (QED) is 0.728. The molecule has 2 N–H and O–H groups in total. The number of hydrogen-bond acceptors (Lipinski definition) is 5. The number of nitrogens with zero attached hydrogens (tertiary/aromatic N) is 3. The lowest BCUT2D eigenvalue weighted by Crippen LogP contribution is -2.58. The molecule has 5 atom stereocenters. The summed E-state index contributed by atoms with van der Waals surface area (Å²) in [5.74, 6) is -1.66. The van der Waals surface area contributed by atoms with E-state index in [0.29, 0.717) is 11.3 Å². The van der Waals surface area contributed by atoms with Crippen LogP contribution in [-0.2, 0) is 28.8 Å². The Labute approximate surface area is 171 Å². The maximum Gasteiger partial charge on any atom is 0.416 e. The molecule has 12 heteroatoms. The third-order valence-corrected chi connectivity index (χ3v) is 6.16. The summed E-state index contributed by atoms with van der Waals surface area (Å²) in [5.41, 5.74) is 6.96.